The Balaban J connectivity index is 2.73. The molecule has 0 fully saturated rings. The third-order valence-corrected chi connectivity index (χ3v) is 3.65. The number of thiazole rings is 1. The number of aryl methyl sites for hydroxylation is 2. The summed E-state index contributed by atoms with van der Waals surface area (Å²) in [6.07, 6.45) is 0.614. The van der Waals surface area contributed by atoms with E-state index in [0.717, 1.165) is 15.6 Å². The summed E-state index contributed by atoms with van der Waals surface area (Å²) in [5, 5.41) is 10.1. The highest BCUT2D eigenvalue weighted by molar-refractivity contribution is 7.11. The summed E-state index contributed by atoms with van der Waals surface area (Å²) in [5.74, 6) is -0.760. The van der Waals surface area contributed by atoms with E-state index in [0.29, 0.717) is 13.0 Å². The fourth-order valence-corrected chi connectivity index (χ4v) is 2.73. The number of carboxylic acid groups (broad SMARTS) is 1. The molecule has 0 aliphatic carbocycles. The number of hydrogen-bond donors (Lipinski definition) is 1. The van der Waals surface area contributed by atoms with Crippen molar-refractivity contribution in [2.45, 2.75) is 39.8 Å². The van der Waals surface area contributed by atoms with Crippen LogP contribution < -0.4 is 0 Å². The molecule has 1 N–H and O–H groups in total. The van der Waals surface area contributed by atoms with Crippen molar-refractivity contribution < 1.29 is 9.90 Å². The summed E-state index contributed by atoms with van der Waals surface area (Å²) in [4.78, 5) is 18.4. The molecule has 0 saturated carbocycles. The maximum atomic E-state index is 11.0. The number of carboxylic acids is 1. The molecule has 0 aliphatic rings. The molecular formula is C11H18N2O2S. The van der Waals surface area contributed by atoms with Gasteiger partial charge in [0.05, 0.1) is 10.7 Å². The van der Waals surface area contributed by atoms with Crippen LogP contribution in [0.1, 0.15) is 28.9 Å². The Bertz CT molecular complexity index is 376. The molecule has 0 radical (unpaired) electrons. The number of carbonyl (C=O) groups is 1. The van der Waals surface area contributed by atoms with Gasteiger partial charge in [-0.2, -0.15) is 0 Å². The van der Waals surface area contributed by atoms with Gasteiger partial charge >= 0.3 is 5.97 Å². The molecule has 1 atom stereocenters. The summed E-state index contributed by atoms with van der Waals surface area (Å²) in [6.45, 7) is 6.48. The number of hydrogen-bond acceptors (Lipinski definition) is 4. The van der Waals surface area contributed by atoms with Gasteiger partial charge in [0.2, 0.25) is 0 Å². The maximum absolute atomic E-state index is 11.0. The first-order valence-corrected chi connectivity index (χ1v) is 6.13. The van der Waals surface area contributed by atoms with Crippen molar-refractivity contribution in [3.05, 3.63) is 15.6 Å². The van der Waals surface area contributed by atoms with Crippen LogP contribution >= 0.6 is 11.3 Å². The van der Waals surface area contributed by atoms with E-state index in [4.69, 9.17) is 5.11 Å². The Morgan fingerprint density at radius 1 is 1.56 bits per heavy atom. The van der Waals surface area contributed by atoms with E-state index in [2.05, 4.69) is 4.98 Å². The second-order valence-corrected chi connectivity index (χ2v) is 5.21. The predicted molar refractivity (Wildman–Crippen MR) is 64.8 cm³/mol. The first-order chi connectivity index (χ1) is 7.45. The van der Waals surface area contributed by atoms with E-state index in [-0.39, 0.29) is 0 Å². The monoisotopic (exact) mass is 242 g/mol. The summed E-state index contributed by atoms with van der Waals surface area (Å²) in [6, 6.07) is -0.415. The van der Waals surface area contributed by atoms with Crippen LogP contribution in [0.2, 0.25) is 0 Å². The molecular weight excluding hydrogens is 224 g/mol. The molecule has 0 aromatic carbocycles. The van der Waals surface area contributed by atoms with Crippen LogP contribution in [0.25, 0.3) is 0 Å². The largest absolute Gasteiger partial charge is 0.480 e. The van der Waals surface area contributed by atoms with Gasteiger partial charge in [0.1, 0.15) is 6.04 Å². The van der Waals surface area contributed by atoms with Gasteiger partial charge in [-0.3, -0.25) is 9.69 Å². The maximum Gasteiger partial charge on any atom is 0.320 e. The Kier molecular flexibility index (Phi) is 4.44. The topological polar surface area (TPSA) is 53.4 Å². The van der Waals surface area contributed by atoms with Gasteiger partial charge in [0.15, 0.2) is 0 Å². The average Bonchev–Trinajstić information content (AvgIpc) is 2.45. The van der Waals surface area contributed by atoms with Gasteiger partial charge in [0, 0.05) is 11.4 Å². The Hall–Kier alpha value is -0.940. The zero-order valence-electron chi connectivity index (χ0n) is 10.1. The van der Waals surface area contributed by atoms with E-state index >= 15 is 0 Å². The second-order valence-electron chi connectivity index (χ2n) is 3.92. The minimum atomic E-state index is -0.760. The Labute approximate surface area is 99.9 Å². The molecule has 5 heteroatoms. The third-order valence-electron chi connectivity index (χ3n) is 2.60. The standard InChI is InChI=1S/C11H18N2O2S/c1-5-9(11(14)15)13(4)6-10-7(2)12-8(3)16-10/h9H,5-6H2,1-4H3,(H,14,15). The molecule has 90 valence electrons. The molecule has 1 aromatic heterocycles. The average molecular weight is 242 g/mol. The number of nitrogens with zero attached hydrogens (tertiary/aromatic N) is 2. The molecule has 4 nitrogen and oxygen atoms in total. The van der Waals surface area contributed by atoms with E-state index in [1.807, 2.05) is 32.7 Å². The fraction of sp³-hybridized carbons (Fsp3) is 0.636. The predicted octanol–water partition coefficient (Wildman–Crippen LogP) is 2.05. The number of aromatic nitrogens is 1. The molecule has 0 aliphatic heterocycles. The third kappa shape index (κ3) is 3.02. The first-order valence-electron chi connectivity index (χ1n) is 5.31. The van der Waals surface area contributed by atoms with E-state index < -0.39 is 12.0 Å². The molecule has 0 saturated heterocycles. The van der Waals surface area contributed by atoms with Gasteiger partial charge in [-0.05, 0) is 27.3 Å². The molecule has 1 heterocycles. The highest BCUT2D eigenvalue weighted by Gasteiger charge is 2.21. The molecule has 16 heavy (non-hydrogen) atoms. The second kappa shape index (κ2) is 5.41. The molecule has 0 amide bonds. The van der Waals surface area contributed by atoms with Crippen molar-refractivity contribution in [2.75, 3.05) is 7.05 Å². The quantitative estimate of drug-likeness (QED) is 0.858. The van der Waals surface area contributed by atoms with Gasteiger partial charge in [-0.15, -0.1) is 11.3 Å². The van der Waals surface area contributed by atoms with Crippen molar-refractivity contribution in [2.24, 2.45) is 0 Å². The summed E-state index contributed by atoms with van der Waals surface area (Å²) < 4.78 is 0. The molecule has 0 bridgehead atoms. The molecule has 1 aromatic rings. The summed E-state index contributed by atoms with van der Waals surface area (Å²) in [7, 11) is 1.84. The van der Waals surface area contributed by atoms with Gasteiger partial charge in [0.25, 0.3) is 0 Å². The number of aliphatic carboxylic acids is 1. The van der Waals surface area contributed by atoms with Gasteiger partial charge in [-0.1, -0.05) is 6.92 Å². The normalized spacial score (nSPS) is 13.1. The number of likely N-dealkylation sites (N-methyl/N-ethyl adjacent to an activating group) is 1. The summed E-state index contributed by atoms with van der Waals surface area (Å²) in [5.41, 5.74) is 1.01. The van der Waals surface area contributed by atoms with Crippen LogP contribution in [0.3, 0.4) is 0 Å². The smallest absolute Gasteiger partial charge is 0.320 e. The van der Waals surface area contributed by atoms with Crippen LogP contribution in [0, 0.1) is 13.8 Å². The van der Waals surface area contributed by atoms with Crippen molar-refractivity contribution in [3.63, 3.8) is 0 Å². The zero-order chi connectivity index (χ0) is 12.3. The van der Waals surface area contributed by atoms with E-state index in [1.165, 1.54) is 0 Å². The molecule has 1 unspecified atom stereocenters. The highest BCUT2D eigenvalue weighted by Crippen LogP contribution is 2.20. The van der Waals surface area contributed by atoms with Crippen molar-refractivity contribution in [1.82, 2.24) is 9.88 Å². The SMILES string of the molecule is CCC(C(=O)O)N(C)Cc1sc(C)nc1C. The zero-order valence-corrected chi connectivity index (χ0v) is 11.0. The number of rotatable bonds is 5. The van der Waals surface area contributed by atoms with E-state index in [1.54, 1.807) is 11.3 Å². The fourth-order valence-electron chi connectivity index (χ4n) is 1.73. The lowest BCUT2D eigenvalue weighted by Crippen LogP contribution is -2.37. The lowest BCUT2D eigenvalue weighted by molar-refractivity contribution is -0.143. The van der Waals surface area contributed by atoms with Crippen molar-refractivity contribution >= 4 is 17.3 Å². The lowest BCUT2D eigenvalue weighted by atomic mass is 10.2. The van der Waals surface area contributed by atoms with Crippen LogP contribution in [0.4, 0.5) is 0 Å². The minimum Gasteiger partial charge on any atom is -0.480 e. The van der Waals surface area contributed by atoms with Gasteiger partial charge in [-0.25, -0.2) is 4.98 Å². The molecule has 0 spiro atoms. The molecule has 1 rings (SSSR count). The highest BCUT2D eigenvalue weighted by atomic mass is 32.1. The van der Waals surface area contributed by atoms with Crippen molar-refractivity contribution in [3.8, 4) is 0 Å². The Morgan fingerprint density at radius 2 is 2.19 bits per heavy atom. The Morgan fingerprint density at radius 3 is 2.56 bits per heavy atom. The van der Waals surface area contributed by atoms with Crippen LogP contribution in [0.5, 0.6) is 0 Å². The summed E-state index contributed by atoms with van der Waals surface area (Å²) >= 11 is 1.64. The van der Waals surface area contributed by atoms with Crippen LogP contribution in [-0.2, 0) is 11.3 Å². The first kappa shape index (κ1) is 13.1. The van der Waals surface area contributed by atoms with Crippen LogP contribution in [0.15, 0.2) is 0 Å². The van der Waals surface area contributed by atoms with Crippen LogP contribution in [-0.4, -0.2) is 34.0 Å². The van der Waals surface area contributed by atoms with E-state index in [9.17, 15) is 4.79 Å². The van der Waals surface area contributed by atoms with Crippen molar-refractivity contribution in [1.29, 1.82) is 0 Å². The lowest BCUT2D eigenvalue weighted by Gasteiger charge is -2.22. The van der Waals surface area contributed by atoms with Gasteiger partial charge < -0.3 is 5.11 Å². The minimum absolute atomic E-state index is 0.415.